The summed E-state index contributed by atoms with van der Waals surface area (Å²) in [7, 11) is 0. The van der Waals surface area contributed by atoms with Gasteiger partial charge in [-0.25, -0.2) is 4.79 Å². The van der Waals surface area contributed by atoms with Gasteiger partial charge in [-0.2, -0.15) is 0 Å². The van der Waals surface area contributed by atoms with Crippen molar-refractivity contribution in [1.29, 1.82) is 0 Å². The lowest BCUT2D eigenvalue weighted by atomic mass is 10.1. The average Bonchev–Trinajstić information content (AvgIpc) is 2.84. The second-order valence-corrected chi connectivity index (χ2v) is 8.47. The van der Waals surface area contributed by atoms with E-state index in [4.69, 9.17) is 32.7 Å². The maximum atomic E-state index is 13.6. The number of hydrogen-bond acceptors (Lipinski definition) is 4. The first kappa shape index (κ1) is 25.6. The molecular formula is C27H27Cl2NO4. The first-order valence-corrected chi connectivity index (χ1v) is 11.9. The number of esters is 1. The van der Waals surface area contributed by atoms with Crippen LogP contribution in [-0.2, 0) is 11.3 Å². The smallest absolute Gasteiger partial charge is 0.338 e. The topological polar surface area (TPSA) is 55.8 Å². The first-order chi connectivity index (χ1) is 16.4. The number of ether oxygens (including phenoxy) is 2. The lowest BCUT2D eigenvalue weighted by molar-refractivity contribution is 0.0526. The van der Waals surface area contributed by atoms with Crippen LogP contribution in [0, 0.1) is 0 Å². The van der Waals surface area contributed by atoms with E-state index in [2.05, 4.69) is 6.92 Å². The zero-order chi connectivity index (χ0) is 24.5. The Bertz CT molecular complexity index is 1130. The lowest BCUT2D eigenvalue weighted by Crippen LogP contribution is -2.30. The molecule has 0 radical (unpaired) electrons. The van der Waals surface area contributed by atoms with Crippen molar-refractivity contribution in [2.45, 2.75) is 33.2 Å². The second-order valence-electron chi connectivity index (χ2n) is 7.62. The van der Waals surface area contributed by atoms with Crippen LogP contribution in [0.25, 0.3) is 0 Å². The number of unbranched alkanes of at least 4 members (excludes halogenated alkanes) is 1. The molecule has 0 aromatic heterocycles. The summed E-state index contributed by atoms with van der Waals surface area (Å²) in [6, 6.07) is 19.0. The number of nitrogens with zero attached hydrogens (tertiary/aromatic N) is 1. The maximum Gasteiger partial charge on any atom is 0.338 e. The van der Waals surface area contributed by atoms with Crippen LogP contribution >= 0.6 is 23.2 Å². The minimum atomic E-state index is -0.412. The Kier molecular flexibility index (Phi) is 9.37. The van der Waals surface area contributed by atoms with Crippen molar-refractivity contribution in [3.8, 4) is 5.75 Å². The molecule has 0 aliphatic carbocycles. The van der Waals surface area contributed by atoms with Gasteiger partial charge in [0, 0.05) is 21.3 Å². The van der Waals surface area contributed by atoms with E-state index in [0.29, 0.717) is 39.2 Å². The number of carbonyl (C=O) groups is 2. The molecule has 0 atom stereocenters. The molecule has 0 saturated heterocycles. The van der Waals surface area contributed by atoms with Crippen LogP contribution in [0.4, 0.5) is 5.69 Å². The van der Waals surface area contributed by atoms with Gasteiger partial charge < -0.3 is 14.4 Å². The van der Waals surface area contributed by atoms with E-state index in [1.54, 1.807) is 72.5 Å². The Balaban J connectivity index is 1.93. The summed E-state index contributed by atoms with van der Waals surface area (Å²) in [5, 5.41) is 0.979. The molecule has 1 amide bonds. The monoisotopic (exact) mass is 499 g/mol. The normalized spacial score (nSPS) is 10.6. The highest BCUT2D eigenvalue weighted by Gasteiger charge is 2.21. The van der Waals surface area contributed by atoms with Crippen LogP contribution in [0.15, 0.2) is 66.7 Å². The largest absolute Gasteiger partial charge is 0.494 e. The van der Waals surface area contributed by atoms with Gasteiger partial charge in [-0.1, -0.05) is 48.7 Å². The molecule has 0 aliphatic heterocycles. The Labute approximate surface area is 210 Å². The zero-order valence-corrected chi connectivity index (χ0v) is 20.7. The SMILES string of the molecule is CCCCOc1cccc(C(=O)N(Cc2ccc(Cl)cc2Cl)c2ccc(C(=O)OCC)cc2)c1. The summed E-state index contributed by atoms with van der Waals surface area (Å²) in [4.78, 5) is 27.3. The van der Waals surface area contributed by atoms with E-state index in [-0.39, 0.29) is 19.1 Å². The first-order valence-electron chi connectivity index (χ1n) is 11.2. The third kappa shape index (κ3) is 6.75. The van der Waals surface area contributed by atoms with E-state index >= 15 is 0 Å². The van der Waals surface area contributed by atoms with Gasteiger partial charge >= 0.3 is 5.97 Å². The second kappa shape index (κ2) is 12.4. The van der Waals surface area contributed by atoms with E-state index in [0.717, 1.165) is 18.4 Å². The fourth-order valence-corrected chi connectivity index (χ4v) is 3.77. The summed E-state index contributed by atoms with van der Waals surface area (Å²) in [5.41, 5.74) is 2.24. The van der Waals surface area contributed by atoms with Crippen molar-refractivity contribution in [1.82, 2.24) is 0 Å². The van der Waals surface area contributed by atoms with Crippen molar-refractivity contribution in [3.05, 3.63) is 93.5 Å². The molecule has 5 nitrogen and oxygen atoms in total. The van der Waals surface area contributed by atoms with Crippen LogP contribution < -0.4 is 9.64 Å². The molecular weight excluding hydrogens is 473 g/mol. The molecule has 7 heteroatoms. The molecule has 3 rings (SSSR count). The third-order valence-corrected chi connectivity index (χ3v) is 5.71. The number of halogens is 2. The summed E-state index contributed by atoms with van der Waals surface area (Å²) >= 11 is 12.5. The predicted molar refractivity (Wildman–Crippen MR) is 136 cm³/mol. The minimum Gasteiger partial charge on any atom is -0.494 e. The molecule has 34 heavy (non-hydrogen) atoms. The molecule has 0 unspecified atom stereocenters. The van der Waals surface area contributed by atoms with Crippen LogP contribution in [0.2, 0.25) is 10.0 Å². The lowest BCUT2D eigenvalue weighted by Gasteiger charge is -2.24. The van der Waals surface area contributed by atoms with Crippen LogP contribution in [0.1, 0.15) is 53.0 Å². The molecule has 0 spiro atoms. The Morgan fingerprint density at radius 3 is 2.35 bits per heavy atom. The van der Waals surface area contributed by atoms with Crippen molar-refractivity contribution < 1.29 is 19.1 Å². The van der Waals surface area contributed by atoms with Crippen molar-refractivity contribution in [2.24, 2.45) is 0 Å². The van der Waals surface area contributed by atoms with Gasteiger partial charge in [0.2, 0.25) is 0 Å². The highest BCUT2D eigenvalue weighted by atomic mass is 35.5. The molecule has 0 fully saturated rings. The molecule has 0 heterocycles. The van der Waals surface area contributed by atoms with Crippen molar-refractivity contribution in [2.75, 3.05) is 18.1 Å². The zero-order valence-electron chi connectivity index (χ0n) is 19.2. The molecule has 3 aromatic carbocycles. The quantitative estimate of drug-likeness (QED) is 0.218. The van der Waals surface area contributed by atoms with Crippen LogP contribution in [-0.4, -0.2) is 25.1 Å². The number of anilines is 1. The number of amides is 1. The number of rotatable bonds is 10. The average molecular weight is 500 g/mol. The molecule has 3 aromatic rings. The number of carbonyl (C=O) groups excluding carboxylic acids is 2. The van der Waals surface area contributed by atoms with Gasteiger partial charge in [0.25, 0.3) is 5.91 Å². The molecule has 0 N–H and O–H groups in total. The summed E-state index contributed by atoms with van der Waals surface area (Å²) in [6.45, 7) is 4.94. The molecule has 178 valence electrons. The molecule has 0 aliphatic rings. The maximum absolute atomic E-state index is 13.6. The third-order valence-electron chi connectivity index (χ3n) is 5.13. The highest BCUT2D eigenvalue weighted by Crippen LogP contribution is 2.27. The van der Waals surface area contributed by atoms with Crippen LogP contribution in [0.5, 0.6) is 5.75 Å². The predicted octanol–water partition coefficient (Wildman–Crippen LogP) is 7.20. The van der Waals surface area contributed by atoms with E-state index in [1.165, 1.54) is 0 Å². The Morgan fingerprint density at radius 2 is 1.68 bits per heavy atom. The number of benzene rings is 3. The Morgan fingerprint density at radius 1 is 0.912 bits per heavy atom. The summed E-state index contributed by atoms with van der Waals surface area (Å²) in [5.74, 6) is 0.00174. The number of hydrogen-bond donors (Lipinski definition) is 0. The van der Waals surface area contributed by atoms with Crippen molar-refractivity contribution in [3.63, 3.8) is 0 Å². The fraction of sp³-hybridized carbons (Fsp3) is 0.259. The Hall–Kier alpha value is -3.02. The van der Waals surface area contributed by atoms with Crippen molar-refractivity contribution >= 4 is 40.8 Å². The summed E-state index contributed by atoms with van der Waals surface area (Å²) in [6.07, 6.45) is 1.96. The van der Waals surface area contributed by atoms with Gasteiger partial charge in [-0.3, -0.25) is 4.79 Å². The minimum absolute atomic E-state index is 0.217. The van der Waals surface area contributed by atoms with Gasteiger partial charge in [0.15, 0.2) is 0 Å². The van der Waals surface area contributed by atoms with Gasteiger partial charge in [-0.15, -0.1) is 0 Å². The summed E-state index contributed by atoms with van der Waals surface area (Å²) < 4.78 is 10.8. The van der Waals surface area contributed by atoms with E-state index < -0.39 is 5.97 Å². The van der Waals surface area contributed by atoms with Crippen LogP contribution in [0.3, 0.4) is 0 Å². The van der Waals surface area contributed by atoms with E-state index in [9.17, 15) is 9.59 Å². The highest BCUT2D eigenvalue weighted by molar-refractivity contribution is 6.35. The standard InChI is InChI=1S/C27H27Cl2NO4/c1-3-5-15-34-24-8-6-7-20(16-24)26(31)30(18-21-9-12-22(28)17-25(21)29)23-13-10-19(11-14-23)27(32)33-4-2/h6-14,16-17H,3-5,15,18H2,1-2H3. The molecule has 0 saturated carbocycles. The van der Waals surface area contributed by atoms with Gasteiger partial charge in [-0.05, 0) is 73.5 Å². The van der Waals surface area contributed by atoms with Gasteiger partial charge in [0.05, 0.1) is 25.3 Å². The van der Waals surface area contributed by atoms with E-state index in [1.807, 2.05) is 6.07 Å². The molecule has 0 bridgehead atoms. The van der Waals surface area contributed by atoms with Gasteiger partial charge in [0.1, 0.15) is 5.75 Å². The fourth-order valence-electron chi connectivity index (χ4n) is 3.30.